The van der Waals surface area contributed by atoms with Gasteiger partial charge in [0, 0.05) is 0 Å². The molecule has 2 nitrogen and oxygen atoms in total. The maximum atomic E-state index is 13.5. The molecule has 2 rings (SSSR count). The summed E-state index contributed by atoms with van der Waals surface area (Å²) in [5.74, 6) is -0.259. The lowest BCUT2D eigenvalue weighted by atomic mass is 10.1. The topological polar surface area (TPSA) is 25.8 Å². The molecule has 0 spiro atoms. The summed E-state index contributed by atoms with van der Waals surface area (Å²) in [5.41, 5.74) is 1.22. The lowest BCUT2D eigenvalue weighted by molar-refractivity contribution is 0.629. The second-order valence-corrected chi connectivity index (χ2v) is 3.51. The second kappa shape index (κ2) is 3.03. The van der Waals surface area contributed by atoms with Crippen LogP contribution in [-0.2, 0) is 0 Å². The van der Waals surface area contributed by atoms with E-state index in [2.05, 4.69) is 25.9 Å². The molecule has 13 heavy (non-hydrogen) atoms. The highest BCUT2D eigenvalue weighted by molar-refractivity contribution is 9.10. The lowest BCUT2D eigenvalue weighted by Crippen LogP contribution is -1.90. The maximum Gasteiger partial charge on any atom is 0.138 e. The molecule has 0 amide bonds. The van der Waals surface area contributed by atoms with Gasteiger partial charge in [-0.05, 0) is 34.5 Å². The normalized spacial score (nSPS) is 10.7. The summed E-state index contributed by atoms with van der Waals surface area (Å²) in [6, 6.07) is 3.48. The summed E-state index contributed by atoms with van der Waals surface area (Å²) in [6.07, 6.45) is 1.40. The highest BCUT2D eigenvalue weighted by Gasteiger charge is 2.08. The van der Waals surface area contributed by atoms with Gasteiger partial charge in [0.2, 0.25) is 0 Å². The van der Waals surface area contributed by atoms with Crippen LogP contribution in [-0.4, -0.2) is 9.97 Å². The molecule has 0 saturated heterocycles. The van der Waals surface area contributed by atoms with Gasteiger partial charge in [0.1, 0.15) is 16.7 Å². The Morgan fingerprint density at radius 1 is 1.31 bits per heavy atom. The van der Waals surface area contributed by atoms with E-state index in [1.807, 2.05) is 0 Å². The Morgan fingerprint density at radius 2 is 2.08 bits per heavy atom. The predicted octanol–water partition coefficient (Wildman–Crippen LogP) is 2.84. The summed E-state index contributed by atoms with van der Waals surface area (Å²) in [7, 11) is 0. The molecule has 0 N–H and O–H groups in total. The van der Waals surface area contributed by atoms with Crippen LogP contribution in [0.1, 0.15) is 5.56 Å². The zero-order valence-corrected chi connectivity index (χ0v) is 8.47. The Bertz CT molecular complexity index is 470. The SMILES string of the molecule is Cc1ccc2ncnc(Br)c2c1F. The molecular weight excluding hydrogens is 235 g/mol. The summed E-state index contributed by atoms with van der Waals surface area (Å²) < 4.78 is 14.0. The summed E-state index contributed by atoms with van der Waals surface area (Å²) in [4.78, 5) is 7.84. The van der Waals surface area contributed by atoms with E-state index in [0.717, 1.165) is 0 Å². The van der Waals surface area contributed by atoms with Crippen LogP contribution in [0.25, 0.3) is 10.9 Å². The summed E-state index contributed by atoms with van der Waals surface area (Å²) in [5, 5.41) is 0.447. The first-order valence-electron chi connectivity index (χ1n) is 3.75. The van der Waals surface area contributed by atoms with Gasteiger partial charge in [-0.2, -0.15) is 0 Å². The molecule has 0 saturated carbocycles. The van der Waals surface area contributed by atoms with Gasteiger partial charge in [-0.3, -0.25) is 0 Å². The van der Waals surface area contributed by atoms with E-state index in [1.54, 1.807) is 19.1 Å². The lowest BCUT2D eigenvalue weighted by Gasteiger charge is -2.02. The molecule has 0 bridgehead atoms. The first-order valence-corrected chi connectivity index (χ1v) is 4.55. The number of nitrogens with zero attached hydrogens (tertiary/aromatic N) is 2. The van der Waals surface area contributed by atoms with E-state index in [0.29, 0.717) is 21.1 Å². The zero-order valence-electron chi connectivity index (χ0n) is 6.88. The standard InChI is InChI=1S/C9H6BrFN2/c1-5-2-3-6-7(8(5)11)9(10)13-4-12-6/h2-4H,1H3. The van der Waals surface area contributed by atoms with Gasteiger partial charge in [-0.25, -0.2) is 14.4 Å². The summed E-state index contributed by atoms with van der Waals surface area (Å²) in [6.45, 7) is 1.72. The predicted molar refractivity (Wildman–Crippen MR) is 51.9 cm³/mol. The highest BCUT2D eigenvalue weighted by Crippen LogP contribution is 2.24. The van der Waals surface area contributed by atoms with Crippen LogP contribution in [0.4, 0.5) is 4.39 Å². The number of fused-ring (bicyclic) bond motifs is 1. The fourth-order valence-corrected chi connectivity index (χ4v) is 1.65. The minimum atomic E-state index is -0.259. The zero-order chi connectivity index (χ0) is 9.42. The Hall–Kier alpha value is -1.03. The first kappa shape index (κ1) is 8.56. The van der Waals surface area contributed by atoms with Gasteiger partial charge in [-0.15, -0.1) is 0 Å². The minimum absolute atomic E-state index is 0.259. The van der Waals surface area contributed by atoms with Gasteiger partial charge in [-0.1, -0.05) is 6.07 Å². The van der Waals surface area contributed by atoms with Crippen LogP contribution in [0.3, 0.4) is 0 Å². The van der Waals surface area contributed by atoms with Crippen molar-refractivity contribution in [1.82, 2.24) is 9.97 Å². The van der Waals surface area contributed by atoms with E-state index in [-0.39, 0.29) is 5.82 Å². The Balaban J connectivity index is 2.97. The van der Waals surface area contributed by atoms with E-state index >= 15 is 0 Å². The van der Waals surface area contributed by atoms with Gasteiger partial charge in [0.05, 0.1) is 10.9 Å². The van der Waals surface area contributed by atoms with Gasteiger partial charge < -0.3 is 0 Å². The average Bonchev–Trinajstić information content (AvgIpc) is 2.12. The van der Waals surface area contributed by atoms with E-state index in [1.165, 1.54) is 6.33 Å². The molecule has 0 unspecified atom stereocenters. The molecule has 0 aliphatic rings. The Kier molecular flexibility index (Phi) is 2.00. The van der Waals surface area contributed by atoms with Crippen LogP contribution in [0.15, 0.2) is 23.1 Å². The number of hydrogen-bond acceptors (Lipinski definition) is 2. The second-order valence-electron chi connectivity index (χ2n) is 2.76. The number of rotatable bonds is 0. The third-order valence-electron chi connectivity index (χ3n) is 1.89. The third-order valence-corrected chi connectivity index (χ3v) is 2.49. The molecule has 4 heteroatoms. The van der Waals surface area contributed by atoms with Crippen LogP contribution in [0, 0.1) is 12.7 Å². The van der Waals surface area contributed by atoms with Crippen molar-refractivity contribution < 1.29 is 4.39 Å². The fraction of sp³-hybridized carbons (Fsp3) is 0.111. The fourth-order valence-electron chi connectivity index (χ4n) is 1.18. The number of aryl methyl sites for hydroxylation is 1. The Morgan fingerprint density at radius 3 is 2.85 bits per heavy atom. The smallest absolute Gasteiger partial charge is 0.138 e. The van der Waals surface area contributed by atoms with E-state index in [4.69, 9.17) is 0 Å². The van der Waals surface area contributed by atoms with E-state index in [9.17, 15) is 4.39 Å². The first-order chi connectivity index (χ1) is 6.20. The number of hydrogen-bond donors (Lipinski definition) is 0. The van der Waals surface area contributed by atoms with Crippen molar-refractivity contribution in [3.63, 3.8) is 0 Å². The van der Waals surface area contributed by atoms with Gasteiger partial charge in [0.25, 0.3) is 0 Å². The van der Waals surface area contributed by atoms with Crippen LogP contribution >= 0.6 is 15.9 Å². The van der Waals surface area contributed by atoms with E-state index < -0.39 is 0 Å². The number of benzene rings is 1. The molecule has 0 radical (unpaired) electrons. The molecule has 1 aromatic carbocycles. The van der Waals surface area contributed by atoms with Crippen LogP contribution in [0.5, 0.6) is 0 Å². The Labute approximate surface area is 83.0 Å². The molecule has 0 aliphatic carbocycles. The monoisotopic (exact) mass is 240 g/mol. The van der Waals surface area contributed by atoms with Crippen LogP contribution in [0.2, 0.25) is 0 Å². The molecular formula is C9H6BrFN2. The van der Waals surface area contributed by atoms with Crippen molar-refractivity contribution in [1.29, 1.82) is 0 Å². The summed E-state index contributed by atoms with van der Waals surface area (Å²) >= 11 is 3.19. The molecule has 1 heterocycles. The highest BCUT2D eigenvalue weighted by atomic mass is 79.9. The van der Waals surface area contributed by atoms with Gasteiger partial charge in [0.15, 0.2) is 0 Å². The largest absolute Gasteiger partial charge is 0.236 e. The van der Waals surface area contributed by atoms with Crippen molar-refractivity contribution in [2.75, 3.05) is 0 Å². The molecule has 1 aromatic heterocycles. The van der Waals surface area contributed by atoms with Crippen molar-refractivity contribution in [3.8, 4) is 0 Å². The van der Waals surface area contributed by atoms with Crippen molar-refractivity contribution in [2.24, 2.45) is 0 Å². The molecule has 2 aromatic rings. The quantitative estimate of drug-likeness (QED) is 0.662. The van der Waals surface area contributed by atoms with Crippen molar-refractivity contribution in [2.45, 2.75) is 6.92 Å². The maximum absolute atomic E-state index is 13.5. The average molecular weight is 241 g/mol. The van der Waals surface area contributed by atoms with Gasteiger partial charge >= 0.3 is 0 Å². The molecule has 0 atom stereocenters. The van der Waals surface area contributed by atoms with Crippen molar-refractivity contribution >= 4 is 26.8 Å². The number of halogens is 2. The molecule has 0 fully saturated rings. The van der Waals surface area contributed by atoms with Crippen molar-refractivity contribution in [3.05, 3.63) is 34.4 Å². The van der Waals surface area contributed by atoms with Crippen LogP contribution < -0.4 is 0 Å². The molecule has 0 aliphatic heterocycles. The number of aromatic nitrogens is 2. The minimum Gasteiger partial charge on any atom is -0.236 e. The molecule has 66 valence electrons. The third kappa shape index (κ3) is 1.31.